The van der Waals surface area contributed by atoms with E-state index in [0.717, 1.165) is 56.8 Å². The first-order chi connectivity index (χ1) is 11.4. The van der Waals surface area contributed by atoms with E-state index < -0.39 is 0 Å². The molecule has 4 atom stereocenters. The summed E-state index contributed by atoms with van der Waals surface area (Å²) in [7, 11) is 0. The number of carbonyl (C=O) groups excluding carboxylic acids is 2. The summed E-state index contributed by atoms with van der Waals surface area (Å²) >= 11 is 0. The van der Waals surface area contributed by atoms with Gasteiger partial charge in [0.15, 0.2) is 0 Å². The Bertz CT molecular complexity index is 575. The molecule has 4 rings (SSSR count). The predicted molar refractivity (Wildman–Crippen MR) is 95.6 cm³/mol. The highest BCUT2D eigenvalue weighted by Crippen LogP contribution is 2.54. The molecule has 2 heteroatoms. The molecule has 0 heterocycles. The standard InChI is InChI=1S/C22H32O2/c1-3-21(12-16-4-5-17(9-16)13-21)19(23)10-20(24)22-7-6-18(14-22)8-15(2)11-22/h6,15-17H,3-5,7-14H2,1-2H3. The molecule has 2 nitrogen and oxygen atoms in total. The quantitative estimate of drug-likeness (QED) is 0.510. The summed E-state index contributed by atoms with van der Waals surface area (Å²) in [6.07, 6.45) is 13.5. The molecule has 132 valence electrons. The molecule has 3 saturated carbocycles. The number of fused-ring (bicyclic) bond motifs is 4. The first kappa shape index (κ1) is 16.5. The van der Waals surface area contributed by atoms with Gasteiger partial charge in [-0.25, -0.2) is 0 Å². The Morgan fingerprint density at radius 3 is 2.50 bits per heavy atom. The second-order valence-electron chi connectivity index (χ2n) is 9.65. The molecule has 4 unspecified atom stereocenters. The number of ketones is 2. The van der Waals surface area contributed by atoms with Crippen molar-refractivity contribution in [2.45, 2.75) is 84.5 Å². The topological polar surface area (TPSA) is 34.1 Å². The fourth-order valence-electron chi connectivity index (χ4n) is 6.71. The molecule has 0 saturated heterocycles. The molecule has 0 radical (unpaired) electrons. The van der Waals surface area contributed by atoms with Crippen LogP contribution in [0.2, 0.25) is 0 Å². The molecule has 0 aromatic heterocycles. The third-order valence-electron chi connectivity index (χ3n) is 7.89. The van der Waals surface area contributed by atoms with Gasteiger partial charge in [0.25, 0.3) is 0 Å². The third-order valence-corrected chi connectivity index (χ3v) is 7.89. The van der Waals surface area contributed by atoms with E-state index in [1.54, 1.807) is 0 Å². The second-order valence-corrected chi connectivity index (χ2v) is 9.65. The van der Waals surface area contributed by atoms with Crippen LogP contribution in [0.4, 0.5) is 0 Å². The van der Waals surface area contributed by atoms with Crippen molar-refractivity contribution >= 4 is 11.6 Å². The number of rotatable bonds is 5. The summed E-state index contributed by atoms with van der Waals surface area (Å²) < 4.78 is 0. The maximum Gasteiger partial charge on any atom is 0.147 e. The molecule has 4 aliphatic carbocycles. The van der Waals surface area contributed by atoms with Crippen molar-refractivity contribution in [1.29, 1.82) is 0 Å². The second kappa shape index (κ2) is 5.81. The summed E-state index contributed by atoms with van der Waals surface area (Å²) in [6, 6.07) is 0. The number of hydrogen-bond acceptors (Lipinski definition) is 2. The fourth-order valence-corrected chi connectivity index (χ4v) is 6.71. The Balaban J connectivity index is 1.48. The zero-order valence-corrected chi connectivity index (χ0v) is 15.4. The predicted octanol–water partition coefficient (Wildman–Crippen LogP) is 5.26. The minimum atomic E-state index is -0.217. The first-order valence-corrected chi connectivity index (χ1v) is 10.2. The van der Waals surface area contributed by atoms with E-state index in [1.165, 1.54) is 24.8 Å². The van der Waals surface area contributed by atoms with Crippen LogP contribution in [0.5, 0.6) is 0 Å². The molecule has 0 aromatic rings. The lowest BCUT2D eigenvalue weighted by Gasteiger charge is -2.40. The minimum absolute atomic E-state index is 0.175. The van der Waals surface area contributed by atoms with Gasteiger partial charge >= 0.3 is 0 Å². The van der Waals surface area contributed by atoms with Crippen molar-refractivity contribution in [2.75, 3.05) is 0 Å². The van der Waals surface area contributed by atoms with Gasteiger partial charge < -0.3 is 0 Å². The monoisotopic (exact) mass is 328 g/mol. The molecule has 0 spiro atoms. The van der Waals surface area contributed by atoms with Crippen LogP contribution in [0.25, 0.3) is 0 Å². The molecular weight excluding hydrogens is 296 g/mol. The van der Waals surface area contributed by atoms with Crippen LogP contribution in [-0.4, -0.2) is 11.6 Å². The summed E-state index contributed by atoms with van der Waals surface area (Å²) in [5.74, 6) is 2.63. The van der Waals surface area contributed by atoms with E-state index in [4.69, 9.17) is 0 Å². The van der Waals surface area contributed by atoms with Gasteiger partial charge in [-0.15, -0.1) is 0 Å². The largest absolute Gasteiger partial charge is 0.299 e. The molecule has 4 bridgehead atoms. The third kappa shape index (κ3) is 2.61. The first-order valence-electron chi connectivity index (χ1n) is 10.2. The van der Waals surface area contributed by atoms with Gasteiger partial charge in [-0.3, -0.25) is 9.59 Å². The Kier molecular flexibility index (Phi) is 4.01. The lowest BCUT2D eigenvalue weighted by atomic mass is 9.62. The zero-order chi connectivity index (χ0) is 16.9. The molecule has 0 aromatic carbocycles. The summed E-state index contributed by atoms with van der Waals surface area (Å²) in [5, 5.41) is 0. The van der Waals surface area contributed by atoms with Crippen molar-refractivity contribution in [3.05, 3.63) is 11.6 Å². The van der Waals surface area contributed by atoms with Gasteiger partial charge in [-0.05, 0) is 69.1 Å². The highest BCUT2D eigenvalue weighted by atomic mass is 16.2. The number of allylic oxidation sites excluding steroid dienone is 2. The van der Waals surface area contributed by atoms with Crippen molar-refractivity contribution < 1.29 is 9.59 Å². The van der Waals surface area contributed by atoms with Crippen LogP contribution in [0.15, 0.2) is 11.6 Å². The molecule has 4 aliphatic rings. The Labute approximate surface area is 146 Å². The van der Waals surface area contributed by atoms with Gasteiger partial charge in [-0.1, -0.05) is 38.3 Å². The van der Waals surface area contributed by atoms with Gasteiger partial charge in [-0.2, -0.15) is 0 Å². The maximum atomic E-state index is 13.2. The highest BCUT2D eigenvalue weighted by Gasteiger charge is 2.50. The van der Waals surface area contributed by atoms with E-state index >= 15 is 0 Å². The lowest BCUT2D eigenvalue weighted by molar-refractivity contribution is -0.140. The Morgan fingerprint density at radius 1 is 1.12 bits per heavy atom. The zero-order valence-electron chi connectivity index (χ0n) is 15.4. The van der Waals surface area contributed by atoms with Crippen LogP contribution in [0.1, 0.15) is 84.5 Å². The highest BCUT2D eigenvalue weighted by molar-refractivity contribution is 6.04. The van der Waals surface area contributed by atoms with Gasteiger partial charge in [0.1, 0.15) is 11.6 Å². The minimum Gasteiger partial charge on any atom is -0.299 e. The molecule has 0 N–H and O–H groups in total. The SMILES string of the molecule is CCC1(C(=O)CC(=O)C23CC=C(CC(C)C2)C3)CC2CCC(C2)C1. The van der Waals surface area contributed by atoms with E-state index in [2.05, 4.69) is 19.9 Å². The van der Waals surface area contributed by atoms with E-state index in [-0.39, 0.29) is 28.8 Å². The number of Topliss-reactive ketones (excluding diaryl/α,β-unsaturated/α-hetero) is 2. The maximum absolute atomic E-state index is 13.2. The van der Waals surface area contributed by atoms with Crippen LogP contribution in [0.3, 0.4) is 0 Å². The van der Waals surface area contributed by atoms with E-state index in [1.807, 2.05) is 0 Å². The van der Waals surface area contributed by atoms with Crippen molar-refractivity contribution in [3.63, 3.8) is 0 Å². The average molecular weight is 328 g/mol. The van der Waals surface area contributed by atoms with Crippen LogP contribution >= 0.6 is 0 Å². The van der Waals surface area contributed by atoms with Crippen LogP contribution < -0.4 is 0 Å². The smallest absolute Gasteiger partial charge is 0.147 e. The summed E-state index contributed by atoms with van der Waals surface area (Å²) in [4.78, 5) is 26.4. The normalized spacial score (nSPS) is 43.6. The van der Waals surface area contributed by atoms with Crippen LogP contribution in [0, 0.1) is 28.6 Å². The average Bonchev–Trinajstić information content (AvgIpc) is 3.06. The summed E-state index contributed by atoms with van der Waals surface area (Å²) in [5.41, 5.74) is 1.08. The van der Waals surface area contributed by atoms with Crippen molar-refractivity contribution in [1.82, 2.24) is 0 Å². The Hall–Kier alpha value is -0.920. The molecular formula is C22H32O2. The lowest BCUT2D eigenvalue weighted by Crippen LogP contribution is -2.41. The number of carbonyl (C=O) groups is 2. The van der Waals surface area contributed by atoms with Gasteiger partial charge in [0, 0.05) is 10.8 Å². The van der Waals surface area contributed by atoms with E-state index in [0.29, 0.717) is 5.92 Å². The van der Waals surface area contributed by atoms with Crippen molar-refractivity contribution in [2.24, 2.45) is 28.6 Å². The van der Waals surface area contributed by atoms with Crippen LogP contribution in [-0.2, 0) is 9.59 Å². The fraction of sp³-hybridized carbons (Fsp3) is 0.818. The van der Waals surface area contributed by atoms with E-state index in [9.17, 15) is 9.59 Å². The van der Waals surface area contributed by atoms with Crippen molar-refractivity contribution in [3.8, 4) is 0 Å². The summed E-state index contributed by atoms with van der Waals surface area (Å²) in [6.45, 7) is 4.43. The molecule has 0 amide bonds. The van der Waals surface area contributed by atoms with Gasteiger partial charge in [0.2, 0.25) is 0 Å². The molecule has 3 fully saturated rings. The van der Waals surface area contributed by atoms with Gasteiger partial charge in [0.05, 0.1) is 6.42 Å². The molecule has 24 heavy (non-hydrogen) atoms. The molecule has 0 aliphatic heterocycles. The number of hydrogen-bond donors (Lipinski definition) is 0. The Morgan fingerprint density at radius 2 is 1.83 bits per heavy atom.